The van der Waals surface area contributed by atoms with Crippen LogP contribution in [0.1, 0.15) is 36.1 Å². The van der Waals surface area contributed by atoms with Crippen LogP contribution in [0.3, 0.4) is 0 Å². The molecule has 0 saturated heterocycles. The lowest BCUT2D eigenvalue weighted by Crippen LogP contribution is -2.43. The number of rotatable bonds is 7. The normalized spacial score (nSPS) is 15.2. The molecule has 7 nitrogen and oxygen atoms in total. The highest BCUT2D eigenvalue weighted by Gasteiger charge is 2.43. The average molecular weight is 482 g/mol. The van der Waals surface area contributed by atoms with Crippen LogP contribution >= 0.6 is 22.9 Å². The number of halogens is 1. The van der Waals surface area contributed by atoms with Crippen molar-refractivity contribution in [2.45, 2.75) is 44.2 Å². The minimum atomic E-state index is -0.410. The Kier molecular flexibility index (Phi) is 6.03. The molecule has 9 heteroatoms. The number of hydrogen-bond acceptors (Lipinski definition) is 5. The second kappa shape index (κ2) is 9.11. The molecule has 1 N–H and O–H groups in total. The van der Waals surface area contributed by atoms with Crippen LogP contribution in [-0.2, 0) is 23.3 Å². The summed E-state index contributed by atoms with van der Waals surface area (Å²) >= 11 is 7.71. The van der Waals surface area contributed by atoms with Gasteiger partial charge in [0, 0.05) is 16.4 Å². The predicted molar refractivity (Wildman–Crippen MR) is 130 cm³/mol. The van der Waals surface area contributed by atoms with E-state index < -0.39 is 5.41 Å². The summed E-state index contributed by atoms with van der Waals surface area (Å²) in [5.41, 5.74) is 0.878. The fourth-order valence-electron chi connectivity index (χ4n) is 4.67. The fraction of sp³-hybridized carbons (Fsp3) is 0.333. The third-order valence-corrected chi connectivity index (χ3v) is 7.67. The van der Waals surface area contributed by atoms with Crippen LogP contribution in [0.5, 0.6) is 0 Å². The molecule has 0 radical (unpaired) electrons. The zero-order chi connectivity index (χ0) is 22.8. The van der Waals surface area contributed by atoms with Gasteiger partial charge in [-0.05, 0) is 42.0 Å². The fourth-order valence-corrected chi connectivity index (χ4v) is 5.86. The largest absolute Gasteiger partial charge is 0.353 e. The summed E-state index contributed by atoms with van der Waals surface area (Å²) in [6.07, 6.45) is 6.99. The maximum absolute atomic E-state index is 13.1. The molecule has 0 bridgehead atoms. The minimum absolute atomic E-state index is 0.0794. The number of thiophene rings is 1. The van der Waals surface area contributed by atoms with E-state index >= 15 is 0 Å². The van der Waals surface area contributed by atoms with Crippen molar-refractivity contribution in [1.82, 2.24) is 24.6 Å². The molecule has 33 heavy (non-hydrogen) atoms. The molecule has 1 aliphatic rings. The van der Waals surface area contributed by atoms with Crippen LogP contribution in [0.4, 0.5) is 0 Å². The quantitative estimate of drug-likeness (QED) is 0.433. The molecule has 1 amide bonds. The Morgan fingerprint density at radius 3 is 2.82 bits per heavy atom. The van der Waals surface area contributed by atoms with Crippen molar-refractivity contribution in [3.05, 3.63) is 80.1 Å². The first-order valence-corrected chi connectivity index (χ1v) is 12.3. The smallest absolute Gasteiger partial charge is 0.264 e. The molecule has 1 aliphatic carbocycles. The molecule has 4 aromatic rings. The average Bonchev–Trinajstić information content (AvgIpc) is 3.57. The summed E-state index contributed by atoms with van der Waals surface area (Å²) in [6.45, 7) is 1.25. The second-order valence-corrected chi connectivity index (χ2v) is 9.82. The van der Waals surface area contributed by atoms with Gasteiger partial charge in [0.25, 0.3) is 5.56 Å². The molecule has 0 spiro atoms. The molecule has 1 fully saturated rings. The highest BCUT2D eigenvalue weighted by molar-refractivity contribution is 7.10. The Morgan fingerprint density at radius 2 is 2.06 bits per heavy atom. The lowest BCUT2D eigenvalue weighted by molar-refractivity contribution is -0.126. The van der Waals surface area contributed by atoms with Crippen molar-refractivity contribution in [1.29, 1.82) is 0 Å². The monoisotopic (exact) mass is 481 g/mol. The number of benzene rings is 1. The third-order valence-electron chi connectivity index (χ3n) is 6.36. The summed E-state index contributed by atoms with van der Waals surface area (Å²) in [7, 11) is 0. The van der Waals surface area contributed by atoms with Gasteiger partial charge in [0.1, 0.15) is 11.7 Å². The Balaban J connectivity index is 1.28. The molecule has 3 heterocycles. The van der Waals surface area contributed by atoms with Crippen molar-refractivity contribution in [2.75, 3.05) is 6.54 Å². The Hall–Kier alpha value is -2.97. The highest BCUT2D eigenvalue weighted by Crippen LogP contribution is 2.43. The van der Waals surface area contributed by atoms with E-state index in [1.807, 2.05) is 29.6 Å². The van der Waals surface area contributed by atoms with E-state index in [2.05, 4.69) is 21.5 Å². The molecule has 1 aromatic carbocycles. The number of carbonyl (C=O) groups is 1. The van der Waals surface area contributed by atoms with Gasteiger partial charge in [0.15, 0.2) is 5.65 Å². The van der Waals surface area contributed by atoms with Gasteiger partial charge in [-0.25, -0.2) is 9.67 Å². The van der Waals surface area contributed by atoms with E-state index in [0.717, 1.165) is 36.1 Å². The summed E-state index contributed by atoms with van der Waals surface area (Å²) in [5.74, 6) is 0.0794. The van der Waals surface area contributed by atoms with Crippen LogP contribution in [0, 0.1) is 0 Å². The summed E-state index contributed by atoms with van der Waals surface area (Å²) in [4.78, 5) is 31.7. The maximum atomic E-state index is 13.1. The predicted octanol–water partition coefficient (Wildman–Crippen LogP) is 3.98. The summed E-state index contributed by atoms with van der Waals surface area (Å²) in [5, 5.41) is 10.6. The molecule has 3 aromatic heterocycles. The Bertz CT molecular complexity index is 1340. The highest BCUT2D eigenvalue weighted by atomic mass is 35.5. The standard InChI is InChI=1S/C24H24ClN5O2S/c25-18-6-3-5-17(13-18)15-29-16-27-21-19(22(29)31)14-28-30(21)11-10-26-23(32)24(8-1-2-9-24)20-7-4-12-33-20/h3-7,12-14,16H,1-2,8-11,15H2,(H,26,32). The van der Waals surface area contributed by atoms with E-state index in [1.165, 1.54) is 6.33 Å². The number of fused-ring (bicyclic) bond motifs is 1. The number of amides is 1. The van der Waals surface area contributed by atoms with Gasteiger partial charge < -0.3 is 5.32 Å². The summed E-state index contributed by atoms with van der Waals surface area (Å²) < 4.78 is 3.22. The van der Waals surface area contributed by atoms with Gasteiger partial charge in [0.05, 0.1) is 24.7 Å². The van der Waals surface area contributed by atoms with Gasteiger partial charge in [-0.15, -0.1) is 11.3 Å². The molecule has 5 rings (SSSR count). The molecule has 170 valence electrons. The number of aromatic nitrogens is 4. The van der Waals surface area contributed by atoms with Crippen LogP contribution in [-0.4, -0.2) is 31.8 Å². The zero-order valence-corrected chi connectivity index (χ0v) is 19.6. The van der Waals surface area contributed by atoms with E-state index in [9.17, 15) is 9.59 Å². The van der Waals surface area contributed by atoms with Crippen LogP contribution in [0.15, 0.2) is 59.1 Å². The first kappa shape index (κ1) is 21.9. The molecule has 1 saturated carbocycles. The number of nitrogens with one attached hydrogen (secondary N) is 1. The summed E-state index contributed by atoms with van der Waals surface area (Å²) in [6, 6.07) is 11.5. The van der Waals surface area contributed by atoms with Crippen molar-refractivity contribution in [2.24, 2.45) is 0 Å². The SMILES string of the molecule is O=C(NCCn1ncc2c(=O)n(Cc3cccc(Cl)c3)cnc21)C1(c2cccs2)CCCC1. The van der Waals surface area contributed by atoms with E-state index in [0.29, 0.717) is 35.7 Å². The topological polar surface area (TPSA) is 81.8 Å². The van der Waals surface area contributed by atoms with E-state index in [-0.39, 0.29) is 11.5 Å². The molecule has 0 atom stereocenters. The van der Waals surface area contributed by atoms with Gasteiger partial charge >= 0.3 is 0 Å². The second-order valence-electron chi connectivity index (χ2n) is 8.43. The zero-order valence-electron chi connectivity index (χ0n) is 18.0. The van der Waals surface area contributed by atoms with Crippen LogP contribution in [0.25, 0.3) is 11.0 Å². The van der Waals surface area contributed by atoms with Crippen molar-refractivity contribution in [3.63, 3.8) is 0 Å². The van der Waals surface area contributed by atoms with Crippen molar-refractivity contribution < 1.29 is 4.79 Å². The van der Waals surface area contributed by atoms with Gasteiger partial charge in [-0.3, -0.25) is 14.2 Å². The molecular weight excluding hydrogens is 458 g/mol. The number of carbonyl (C=O) groups excluding carboxylic acids is 1. The minimum Gasteiger partial charge on any atom is -0.353 e. The third kappa shape index (κ3) is 4.20. The van der Waals surface area contributed by atoms with Crippen LogP contribution in [0.2, 0.25) is 5.02 Å². The van der Waals surface area contributed by atoms with Gasteiger partial charge in [-0.2, -0.15) is 5.10 Å². The van der Waals surface area contributed by atoms with Gasteiger partial charge in [0.2, 0.25) is 5.91 Å². The first-order chi connectivity index (χ1) is 16.1. The van der Waals surface area contributed by atoms with Crippen molar-refractivity contribution >= 4 is 39.9 Å². The molecular formula is C24H24ClN5O2S. The van der Waals surface area contributed by atoms with E-state index in [1.54, 1.807) is 32.8 Å². The number of nitrogens with zero attached hydrogens (tertiary/aromatic N) is 4. The maximum Gasteiger partial charge on any atom is 0.264 e. The van der Waals surface area contributed by atoms with E-state index in [4.69, 9.17) is 11.6 Å². The van der Waals surface area contributed by atoms with Crippen molar-refractivity contribution in [3.8, 4) is 0 Å². The number of hydrogen-bond donors (Lipinski definition) is 1. The first-order valence-electron chi connectivity index (χ1n) is 11.0. The molecule has 0 aliphatic heterocycles. The Morgan fingerprint density at radius 1 is 1.21 bits per heavy atom. The Labute approximate surface area is 200 Å². The lowest BCUT2D eigenvalue weighted by Gasteiger charge is -2.26. The van der Waals surface area contributed by atoms with Gasteiger partial charge in [-0.1, -0.05) is 42.6 Å². The molecule has 0 unspecified atom stereocenters. The lowest BCUT2D eigenvalue weighted by atomic mass is 9.83. The van der Waals surface area contributed by atoms with Crippen LogP contribution < -0.4 is 10.9 Å².